The normalized spacial score (nSPS) is 10.6. The van der Waals surface area contributed by atoms with Gasteiger partial charge in [0, 0.05) is 44.6 Å². The number of nitrogens with zero attached hydrogens (tertiary/aromatic N) is 3. The molecule has 6 nitrogen and oxygen atoms in total. The van der Waals surface area contributed by atoms with Gasteiger partial charge in [-0.15, -0.1) is 0 Å². The van der Waals surface area contributed by atoms with Crippen molar-refractivity contribution < 1.29 is 0 Å². The van der Waals surface area contributed by atoms with Crippen LogP contribution in [-0.4, -0.2) is 34.2 Å². The van der Waals surface area contributed by atoms with Gasteiger partial charge in [0.1, 0.15) is 11.6 Å². The Morgan fingerprint density at radius 3 is 2.48 bits per heavy atom. The highest BCUT2D eigenvalue weighted by atomic mass is 15.2. The lowest BCUT2D eigenvalue weighted by Crippen LogP contribution is -2.22. The molecule has 2 heterocycles. The van der Waals surface area contributed by atoms with E-state index in [0.29, 0.717) is 5.95 Å². The van der Waals surface area contributed by atoms with E-state index in [-0.39, 0.29) is 0 Å². The van der Waals surface area contributed by atoms with E-state index in [1.54, 1.807) is 0 Å². The molecule has 0 unspecified atom stereocenters. The van der Waals surface area contributed by atoms with Crippen molar-refractivity contribution in [3.63, 3.8) is 0 Å². The molecule has 130 valence electrons. The third-order valence-corrected chi connectivity index (χ3v) is 3.70. The van der Waals surface area contributed by atoms with Crippen LogP contribution in [0.3, 0.4) is 0 Å². The van der Waals surface area contributed by atoms with E-state index in [4.69, 9.17) is 0 Å². The van der Waals surface area contributed by atoms with E-state index >= 15 is 0 Å². The summed E-state index contributed by atoms with van der Waals surface area (Å²) in [6.07, 6.45) is 3.95. The molecule has 0 radical (unpaired) electrons. The molecule has 0 saturated carbocycles. The van der Waals surface area contributed by atoms with Gasteiger partial charge in [0.25, 0.3) is 0 Å². The van der Waals surface area contributed by atoms with Gasteiger partial charge in [0.15, 0.2) is 0 Å². The average Bonchev–Trinajstić information content (AvgIpc) is 3.17. The fourth-order valence-corrected chi connectivity index (χ4v) is 2.49. The summed E-state index contributed by atoms with van der Waals surface area (Å²) in [5, 5.41) is 9.97. The van der Waals surface area contributed by atoms with Crippen LogP contribution in [0.2, 0.25) is 0 Å². The second-order valence-corrected chi connectivity index (χ2v) is 5.64. The van der Waals surface area contributed by atoms with Gasteiger partial charge in [0.05, 0.1) is 0 Å². The van der Waals surface area contributed by atoms with Gasteiger partial charge in [-0.25, -0.2) is 0 Å². The smallest absolute Gasteiger partial charge is 0.226 e. The molecule has 0 amide bonds. The predicted molar refractivity (Wildman–Crippen MR) is 102 cm³/mol. The van der Waals surface area contributed by atoms with Crippen LogP contribution in [0, 0.1) is 0 Å². The molecule has 2 aromatic heterocycles. The Bertz CT molecular complexity index is 755. The zero-order chi connectivity index (χ0) is 17.3. The molecular weight excluding hydrogens is 312 g/mol. The van der Waals surface area contributed by atoms with Gasteiger partial charge in [-0.2, -0.15) is 9.97 Å². The van der Waals surface area contributed by atoms with E-state index in [0.717, 1.165) is 37.8 Å². The van der Waals surface area contributed by atoms with E-state index in [1.807, 2.05) is 48.1 Å². The maximum absolute atomic E-state index is 4.53. The number of hydrogen-bond acceptors (Lipinski definition) is 5. The second-order valence-electron chi connectivity index (χ2n) is 5.64. The summed E-state index contributed by atoms with van der Waals surface area (Å²) in [5.74, 6) is 2.29. The number of aromatic nitrogens is 3. The molecular formula is C19H24N6. The molecule has 1 aromatic carbocycles. The summed E-state index contributed by atoms with van der Waals surface area (Å²) in [5.41, 5.74) is 1.29. The number of nitrogens with one attached hydrogen (secondary N) is 3. The third-order valence-electron chi connectivity index (χ3n) is 3.70. The van der Waals surface area contributed by atoms with Crippen LogP contribution in [0.4, 0.5) is 11.8 Å². The lowest BCUT2D eigenvalue weighted by Gasteiger charge is -2.11. The second kappa shape index (κ2) is 8.84. The lowest BCUT2D eigenvalue weighted by molar-refractivity contribution is 0.706. The molecule has 3 N–H and O–H groups in total. The van der Waals surface area contributed by atoms with Gasteiger partial charge < -0.3 is 20.5 Å². The van der Waals surface area contributed by atoms with Crippen LogP contribution >= 0.6 is 0 Å². The Balaban J connectivity index is 1.56. The van der Waals surface area contributed by atoms with Gasteiger partial charge in [0.2, 0.25) is 5.95 Å². The molecule has 6 heteroatoms. The van der Waals surface area contributed by atoms with Crippen LogP contribution in [0.25, 0.3) is 5.82 Å². The Labute approximate surface area is 148 Å². The minimum Gasteiger partial charge on any atom is -0.369 e. The first-order chi connectivity index (χ1) is 12.3. The highest BCUT2D eigenvalue weighted by Crippen LogP contribution is 2.14. The summed E-state index contributed by atoms with van der Waals surface area (Å²) in [6.45, 7) is 5.33. The Kier molecular flexibility index (Phi) is 6.01. The summed E-state index contributed by atoms with van der Waals surface area (Å²) >= 11 is 0. The van der Waals surface area contributed by atoms with Crippen molar-refractivity contribution in [2.45, 2.75) is 13.5 Å². The van der Waals surface area contributed by atoms with Crippen molar-refractivity contribution in [1.29, 1.82) is 0 Å². The molecule has 0 aliphatic heterocycles. The molecule has 0 bridgehead atoms. The number of rotatable bonds is 9. The van der Waals surface area contributed by atoms with E-state index in [2.05, 4.69) is 50.2 Å². The molecule has 25 heavy (non-hydrogen) atoms. The fraction of sp³-hybridized carbons (Fsp3) is 0.263. The van der Waals surface area contributed by atoms with E-state index in [9.17, 15) is 0 Å². The van der Waals surface area contributed by atoms with Crippen molar-refractivity contribution in [1.82, 2.24) is 19.9 Å². The van der Waals surface area contributed by atoms with Crippen molar-refractivity contribution in [3.05, 3.63) is 66.5 Å². The summed E-state index contributed by atoms with van der Waals surface area (Å²) in [4.78, 5) is 9.05. The number of anilines is 2. The summed E-state index contributed by atoms with van der Waals surface area (Å²) in [6, 6.07) is 16.3. The first-order valence-electron chi connectivity index (χ1n) is 8.60. The Morgan fingerprint density at radius 2 is 1.72 bits per heavy atom. The van der Waals surface area contributed by atoms with E-state index < -0.39 is 0 Å². The van der Waals surface area contributed by atoms with Crippen LogP contribution < -0.4 is 16.0 Å². The zero-order valence-electron chi connectivity index (χ0n) is 14.4. The maximum Gasteiger partial charge on any atom is 0.226 e. The minimum absolute atomic E-state index is 0.633. The molecule has 0 saturated heterocycles. The van der Waals surface area contributed by atoms with Crippen LogP contribution in [0.1, 0.15) is 12.5 Å². The van der Waals surface area contributed by atoms with Crippen molar-refractivity contribution in [2.75, 3.05) is 30.3 Å². The SMILES string of the molecule is CCNc1nc(NCCNCc2ccccc2)cc(-n2cccc2)n1. The molecule has 0 fully saturated rings. The first-order valence-corrected chi connectivity index (χ1v) is 8.60. The molecule has 0 aliphatic rings. The molecule has 0 aliphatic carbocycles. The predicted octanol–water partition coefficient (Wildman–Crippen LogP) is 2.90. The van der Waals surface area contributed by atoms with Gasteiger partial charge in [-0.1, -0.05) is 30.3 Å². The fourth-order valence-electron chi connectivity index (χ4n) is 2.49. The van der Waals surface area contributed by atoms with Crippen LogP contribution in [-0.2, 0) is 6.54 Å². The standard InChI is InChI=1S/C19H24N6/c1-2-21-19-23-17(14-18(24-19)25-12-6-7-13-25)22-11-10-20-15-16-8-4-3-5-9-16/h3-9,12-14,20H,2,10-11,15H2,1H3,(H2,21,22,23,24). The average molecular weight is 336 g/mol. The van der Waals surface area contributed by atoms with Crippen molar-refractivity contribution in [2.24, 2.45) is 0 Å². The molecule has 3 rings (SSSR count). The highest BCUT2D eigenvalue weighted by Gasteiger charge is 2.05. The lowest BCUT2D eigenvalue weighted by atomic mass is 10.2. The highest BCUT2D eigenvalue weighted by molar-refractivity contribution is 5.47. The Hall–Kier alpha value is -2.86. The van der Waals surface area contributed by atoms with Gasteiger partial charge >= 0.3 is 0 Å². The maximum atomic E-state index is 4.53. The largest absolute Gasteiger partial charge is 0.369 e. The van der Waals surface area contributed by atoms with Crippen LogP contribution in [0.5, 0.6) is 0 Å². The Morgan fingerprint density at radius 1 is 0.920 bits per heavy atom. The molecule has 3 aromatic rings. The van der Waals surface area contributed by atoms with Gasteiger partial charge in [-0.3, -0.25) is 0 Å². The van der Waals surface area contributed by atoms with E-state index in [1.165, 1.54) is 5.56 Å². The monoisotopic (exact) mass is 336 g/mol. The molecule has 0 atom stereocenters. The first kappa shape index (κ1) is 17.0. The topological polar surface area (TPSA) is 66.8 Å². The molecule has 0 spiro atoms. The summed E-state index contributed by atoms with van der Waals surface area (Å²) < 4.78 is 1.97. The zero-order valence-corrected chi connectivity index (χ0v) is 14.4. The van der Waals surface area contributed by atoms with Gasteiger partial charge in [-0.05, 0) is 24.6 Å². The quantitative estimate of drug-likeness (QED) is 0.524. The third kappa shape index (κ3) is 5.06. The van der Waals surface area contributed by atoms with Crippen molar-refractivity contribution >= 4 is 11.8 Å². The number of hydrogen-bond donors (Lipinski definition) is 3. The van der Waals surface area contributed by atoms with Crippen LogP contribution in [0.15, 0.2) is 60.9 Å². The number of benzene rings is 1. The van der Waals surface area contributed by atoms with Crippen molar-refractivity contribution in [3.8, 4) is 5.82 Å². The minimum atomic E-state index is 0.633. The summed E-state index contributed by atoms with van der Waals surface area (Å²) in [7, 11) is 0.